The zero-order chi connectivity index (χ0) is 10.0. The first-order chi connectivity index (χ1) is 6.76. The maximum Gasteiger partial charge on any atom is 0.0621 e. The van der Waals surface area contributed by atoms with Gasteiger partial charge >= 0.3 is 0 Å². The Bertz CT molecular complexity index is 193. The molecule has 2 heteroatoms. The lowest BCUT2D eigenvalue weighted by molar-refractivity contribution is -0.0981. The number of rotatable bonds is 0. The lowest BCUT2D eigenvalue weighted by atomic mass is 9.65. The van der Waals surface area contributed by atoms with E-state index in [1.54, 1.807) is 0 Å². The van der Waals surface area contributed by atoms with Crippen LogP contribution in [0.3, 0.4) is 0 Å². The highest BCUT2D eigenvalue weighted by atomic mass is 16.3. The van der Waals surface area contributed by atoms with Gasteiger partial charge in [-0.25, -0.2) is 0 Å². The third-order valence-corrected chi connectivity index (χ3v) is 4.32. The van der Waals surface area contributed by atoms with Crippen LogP contribution in [-0.4, -0.2) is 22.4 Å². The Morgan fingerprint density at radius 2 is 1.21 bits per heavy atom. The van der Waals surface area contributed by atoms with Crippen LogP contribution in [0.25, 0.3) is 0 Å². The van der Waals surface area contributed by atoms with Crippen LogP contribution < -0.4 is 0 Å². The molecule has 0 bridgehead atoms. The van der Waals surface area contributed by atoms with Crippen LogP contribution in [0.2, 0.25) is 0 Å². The Hall–Kier alpha value is -0.0800. The lowest BCUT2D eigenvalue weighted by Crippen LogP contribution is -2.46. The summed E-state index contributed by atoms with van der Waals surface area (Å²) in [5.41, 5.74) is -0.130. The van der Waals surface area contributed by atoms with Gasteiger partial charge < -0.3 is 10.2 Å². The molecule has 0 aliphatic heterocycles. The highest BCUT2D eigenvalue weighted by Crippen LogP contribution is 2.46. The molecule has 2 aliphatic rings. The fourth-order valence-electron chi connectivity index (χ4n) is 3.35. The monoisotopic (exact) mass is 198 g/mol. The summed E-state index contributed by atoms with van der Waals surface area (Å²) in [6.07, 6.45) is 9.25. The highest BCUT2D eigenvalue weighted by molar-refractivity contribution is 4.96. The molecule has 3 atom stereocenters. The minimum absolute atomic E-state index is 0.130. The van der Waals surface area contributed by atoms with E-state index in [4.69, 9.17) is 0 Å². The van der Waals surface area contributed by atoms with Crippen molar-refractivity contribution in [3.05, 3.63) is 0 Å². The molecule has 2 aliphatic carbocycles. The Morgan fingerprint density at radius 3 is 1.86 bits per heavy atom. The second kappa shape index (κ2) is 4.19. The van der Waals surface area contributed by atoms with Crippen LogP contribution in [-0.2, 0) is 0 Å². The van der Waals surface area contributed by atoms with Crippen molar-refractivity contribution in [1.29, 1.82) is 0 Å². The minimum Gasteiger partial charge on any atom is -0.392 e. The summed E-state index contributed by atoms with van der Waals surface area (Å²) in [6.45, 7) is 0. The molecule has 14 heavy (non-hydrogen) atoms. The highest BCUT2D eigenvalue weighted by Gasteiger charge is 2.45. The lowest BCUT2D eigenvalue weighted by Gasteiger charge is -2.44. The zero-order valence-electron chi connectivity index (χ0n) is 8.91. The molecule has 2 rings (SSSR count). The standard InChI is InChI=1S/C12H22O2/c13-10-6-2-1-4-8-12(10)9-5-3-7-11(12)14/h10-11,13-14H,1-9H2/t10?,11-,12-/m0/s1. The first kappa shape index (κ1) is 10.4. The van der Waals surface area contributed by atoms with Gasteiger partial charge in [-0.1, -0.05) is 32.1 Å². The maximum atomic E-state index is 10.2. The van der Waals surface area contributed by atoms with E-state index in [1.807, 2.05) is 0 Å². The van der Waals surface area contributed by atoms with E-state index >= 15 is 0 Å². The second-order valence-electron chi connectivity index (χ2n) is 5.11. The minimum atomic E-state index is -0.250. The smallest absolute Gasteiger partial charge is 0.0621 e. The summed E-state index contributed by atoms with van der Waals surface area (Å²) >= 11 is 0. The number of aliphatic hydroxyl groups is 2. The molecule has 2 nitrogen and oxygen atoms in total. The SMILES string of the molecule is OC1CCCCC[C@]12CCCC[C@@H]2O. The van der Waals surface area contributed by atoms with Crippen LogP contribution in [0, 0.1) is 5.41 Å². The van der Waals surface area contributed by atoms with Crippen molar-refractivity contribution in [3.8, 4) is 0 Å². The van der Waals surface area contributed by atoms with Crippen LogP contribution in [0.15, 0.2) is 0 Å². The van der Waals surface area contributed by atoms with Crippen LogP contribution in [0.1, 0.15) is 57.8 Å². The van der Waals surface area contributed by atoms with E-state index in [2.05, 4.69) is 0 Å². The van der Waals surface area contributed by atoms with Crippen LogP contribution in [0.4, 0.5) is 0 Å². The third kappa shape index (κ3) is 1.70. The molecule has 0 saturated heterocycles. The molecule has 2 fully saturated rings. The van der Waals surface area contributed by atoms with Gasteiger partial charge in [0.25, 0.3) is 0 Å². The Balaban J connectivity index is 2.15. The van der Waals surface area contributed by atoms with E-state index in [-0.39, 0.29) is 17.6 Å². The maximum absolute atomic E-state index is 10.2. The zero-order valence-corrected chi connectivity index (χ0v) is 8.91. The Kier molecular flexibility index (Phi) is 3.13. The van der Waals surface area contributed by atoms with Gasteiger partial charge in [0.1, 0.15) is 0 Å². The molecule has 2 saturated carbocycles. The van der Waals surface area contributed by atoms with Crippen molar-refractivity contribution in [3.63, 3.8) is 0 Å². The van der Waals surface area contributed by atoms with E-state index in [0.29, 0.717) is 0 Å². The molecule has 0 heterocycles. The van der Waals surface area contributed by atoms with Crippen molar-refractivity contribution in [1.82, 2.24) is 0 Å². The van der Waals surface area contributed by atoms with Gasteiger partial charge in [0.15, 0.2) is 0 Å². The molecule has 1 unspecified atom stereocenters. The van der Waals surface area contributed by atoms with Crippen molar-refractivity contribution in [2.24, 2.45) is 5.41 Å². The average molecular weight is 198 g/mol. The van der Waals surface area contributed by atoms with Gasteiger partial charge in [0, 0.05) is 5.41 Å². The van der Waals surface area contributed by atoms with Gasteiger partial charge in [0.05, 0.1) is 12.2 Å². The summed E-state index contributed by atoms with van der Waals surface area (Å²) in [7, 11) is 0. The first-order valence-corrected chi connectivity index (χ1v) is 6.12. The van der Waals surface area contributed by atoms with Crippen LogP contribution >= 0.6 is 0 Å². The molecule has 0 aromatic rings. The fraction of sp³-hybridized carbons (Fsp3) is 1.00. The number of hydrogen-bond acceptors (Lipinski definition) is 2. The predicted octanol–water partition coefficient (Wildman–Crippen LogP) is 2.23. The molecule has 0 amide bonds. The average Bonchev–Trinajstić information content (AvgIpc) is 2.36. The van der Waals surface area contributed by atoms with Gasteiger partial charge in [-0.2, -0.15) is 0 Å². The molecule has 0 radical (unpaired) electrons. The Morgan fingerprint density at radius 1 is 0.714 bits per heavy atom. The van der Waals surface area contributed by atoms with Crippen molar-refractivity contribution in [2.75, 3.05) is 0 Å². The van der Waals surface area contributed by atoms with E-state index in [9.17, 15) is 10.2 Å². The molecule has 0 aromatic carbocycles. The van der Waals surface area contributed by atoms with Crippen LogP contribution in [0.5, 0.6) is 0 Å². The summed E-state index contributed by atoms with van der Waals surface area (Å²) < 4.78 is 0. The Labute approximate surface area is 86.3 Å². The predicted molar refractivity (Wildman–Crippen MR) is 56.0 cm³/mol. The third-order valence-electron chi connectivity index (χ3n) is 4.32. The summed E-state index contributed by atoms with van der Waals surface area (Å²) in [4.78, 5) is 0. The summed E-state index contributed by atoms with van der Waals surface area (Å²) in [5.74, 6) is 0. The summed E-state index contributed by atoms with van der Waals surface area (Å²) in [5, 5.41) is 20.3. The topological polar surface area (TPSA) is 40.5 Å². The van der Waals surface area contributed by atoms with Gasteiger partial charge in [-0.05, 0) is 25.7 Å². The first-order valence-electron chi connectivity index (χ1n) is 6.12. The molecule has 82 valence electrons. The largest absolute Gasteiger partial charge is 0.392 e. The van der Waals surface area contributed by atoms with E-state index < -0.39 is 0 Å². The molecular formula is C12H22O2. The fourth-order valence-corrected chi connectivity index (χ4v) is 3.35. The quantitative estimate of drug-likeness (QED) is 0.626. The molecular weight excluding hydrogens is 176 g/mol. The van der Waals surface area contributed by atoms with Gasteiger partial charge in [-0.3, -0.25) is 0 Å². The van der Waals surface area contributed by atoms with Gasteiger partial charge in [0.2, 0.25) is 0 Å². The summed E-state index contributed by atoms with van der Waals surface area (Å²) in [6, 6.07) is 0. The van der Waals surface area contributed by atoms with Gasteiger partial charge in [-0.15, -0.1) is 0 Å². The second-order valence-corrected chi connectivity index (χ2v) is 5.11. The molecule has 0 aromatic heterocycles. The van der Waals surface area contributed by atoms with Crippen molar-refractivity contribution >= 4 is 0 Å². The van der Waals surface area contributed by atoms with E-state index in [0.717, 1.165) is 38.5 Å². The normalized spacial score (nSPS) is 45.0. The van der Waals surface area contributed by atoms with E-state index in [1.165, 1.54) is 19.3 Å². The van der Waals surface area contributed by atoms with Crippen molar-refractivity contribution in [2.45, 2.75) is 70.0 Å². The molecule has 1 spiro atoms. The van der Waals surface area contributed by atoms with Crippen molar-refractivity contribution < 1.29 is 10.2 Å². The number of hydrogen-bond donors (Lipinski definition) is 2. The number of aliphatic hydroxyl groups excluding tert-OH is 2. The molecule has 2 N–H and O–H groups in total.